The number of imide groups is 1. The fraction of sp³-hybridized carbons (Fsp3) is 0.263. The number of nitrogens with zero attached hydrogens (tertiary/aromatic N) is 1. The number of urea groups is 1. The van der Waals surface area contributed by atoms with E-state index in [2.05, 4.69) is 21.2 Å². The standard InChI is InChI=1S/C19H17BrN2O4/c1-25-13-6-7-15(20)12(10-13)11-22-17(23)19(21-18(22)24)8-9-26-16-5-3-2-4-14(16)19/h2-7,10H,8-9,11H2,1H3,(H,21,24). The van der Waals surface area contributed by atoms with Crippen LogP contribution in [0.3, 0.4) is 0 Å². The molecule has 2 aromatic carbocycles. The topological polar surface area (TPSA) is 67.9 Å². The first-order chi connectivity index (χ1) is 12.5. The summed E-state index contributed by atoms with van der Waals surface area (Å²) in [6, 6.07) is 12.4. The Morgan fingerprint density at radius 3 is 2.88 bits per heavy atom. The summed E-state index contributed by atoms with van der Waals surface area (Å²) in [5, 5.41) is 2.90. The minimum Gasteiger partial charge on any atom is -0.497 e. The number of methoxy groups -OCH3 is 1. The molecule has 7 heteroatoms. The number of benzene rings is 2. The molecule has 2 heterocycles. The molecule has 1 unspecified atom stereocenters. The Hall–Kier alpha value is -2.54. The third-order valence-electron chi connectivity index (χ3n) is 4.84. The van der Waals surface area contributed by atoms with Gasteiger partial charge in [-0.05, 0) is 29.8 Å². The van der Waals surface area contributed by atoms with Crippen LogP contribution in [-0.2, 0) is 16.9 Å². The third-order valence-corrected chi connectivity index (χ3v) is 5.61. The molecule has 0 bridgehead atoms. The van der Waals surface area contributed by atoms with Gasteiger partial charge in [-0.15, -0.1) is 0 Å². The highest BCUT2D eigenvalue weighted by Gasteiger charge is 2.54. The molecule has 2 aliphatic heterocycles. The Labute approximate surface area is 159 Å². The lowest BCUT2D eigenvalue weighted by Gasteiger charge is -2.33. The van der Waals surface area contributed by atoms with Crippen LogP contribution in [0.1, 0.15) is 17.5 Å². The minimum absolute atomic E-state index is 0.160. The molecule has 0 radical (unpaired) electrons. The number of nitrogens with one attached hydrogen (secondary N) is 1. The second-order valence-electron chi connectivity index (χ2n) is 6.28. The van der Waals surface area contributed by atoms with Crippen molar-refractivity contribution in [3.8, 4) is 11.5 Å². The van der Waals surface area contributed by atoms with Gasteiger partial charge in [-0.25, -0.2) is 4.79 Å². The van der Waals surface area contributed by atoms with E-state index in [4.69, 9.17) is 9.47 Å². The maximum Gasteiger partial charge on any atom is 0.325 e. The summed E-state index contributed by atoms with van der Waals surface area (Å²) in [6.07, 6.45) is 0.407. The van der Waals surface area contributed by atoms with Gasteiger partial charge in [-0.2, -0.15) is 0 Å². The van der Waals surface area contributed by atoms with Crippen LogP contribution in [0, 0.1) is 0 Å². The van der Waals surface area contributed by atoms with Gasteiger partial charge in [-0.3, -0.25) is 9.69 Å². The van der Waals surface area contributed by atoms with Crippen LogP contribution >= 0.6 is 15.9 Å². The molecule has 0 aromatic heterocycles. The molecule has 1 N–H and O–H groups in total. The summed E-state index contributed by atoms with van der Waals surface area (Å²) >= 11 is 3.47. The zero-order chi connectivity index (χ0) is 18.3. The molecule has 2 aromatic rings. The molecule has 3 amide bonds. The Morgan fingerprint density at radius 1 is 1.27 bits per heavy atom. The van der Waals surface area contributed by atoms with Gasteiger partial charge in [0.25, 0.3) is 5.91 Å². The summed E-state index contributed by atoms with van der Waals surface area (Å²) in [5.74, 6) is 1.05. The molecular formula is C19H17BrN2O4. The first-order valence-electron chi connectivity index (χ1n) is 8.24. The van der Waals surface area contributed by atoms with Crippen LogP contribution in [0.25, 0.3) is 0 Å². The van der Waals surface area contributed by atoms with Crippen LogP contribution < -0.4 is 14.8 Å². The number of rotatable bonds is 3. The van der Waals surface area contributed by atoms with E-state index >= 15 is 0 Å². The molecule has 134 valence electrons. The molecule has 1 saturated heterocycles. The lowest BCUT2D eigenvalue weighted by molar-refractivity contribution is -0.133. The highest BCUT2D eigenvalue weighted by Crippen LogP contribution is 2.41. The number of ether oxygens (including phenoxy) is 2. The molecule has 6 nitrogen and oxygen atoms in total. The second kappa shape index (κ2) is 6.32. The van der Waals surface area contributed by atoms with Crippen molar-refractivity contribution in [1.29, 1.82) is 0 Å². The minimum atomic E-state index is -1.06. The van der Waals surface area contributed by atoms with Gasteiger partial charge in [0.15, 0.2) is 5.54 Å². The van der Waals surface area contributed by atoms with Crippen molar-refractivity contribution in [3.05, 3.63) is 58.1 Å². The average Bonchev–Trinajstić information content (AvgIpc) is 2.88. The summed E-state index contributed by atoms with van der Waals surface area (Å²) in [7, 11) is 1.58. The van der Waals surface area contributed by atoms with E-state index in [1.54, 1.807) is 7.11 Å². The van der Waals surface area contributed by atoms with Crippen molar-refractivity contribution in [2.45, 2.75) is 18.5 Å². The molecule has 1 atom stereocenters. The van der Waals surface area contributed by atoms with E-state index in [1.807, 2.05) is 42.5 Å². The predicted octanol–water partition coefficient (Wildman–Crippen LogP) is 3.19. The summed E-state index contributed by atoms with van der Waals surface area (Å²) < 4.78 is 11.7. The molecule has 0 aliphatic carbocycles. The van der Waals surface area contributed by atoms with E-state index in [0.29, 0.717) is 30.1 Å². The molecular weight excluding hydrogens is 400 g/mol. The zero-order valence-electron chi connectivity index (χ0n) is 14.1. The molecule has 4 rings (SSSR count). The van der Waals surface area contributed by atoms with Crippen LogP contribution in [0.5, 0.6) is 11.5 Å². The van der Waals surface area contributed by atoms with Crippen molar-refractivity contribution in [1.82, 2.24) is 10.2 Å². The number of amides is 3. The lowest BCUT2D eigenvalue weighted by atomic mass is 9.84. The Kier molecular flexibility index (Phi) is 4.11. The Balaban J connectivity index is 1.69. The normalized spacial score (nSPS) is 21.4. The van der Waals surface area contributed by atoms with Crippen molar-refractivity contribution in [3.63, 3.8) is 0 Å². The van der Waals surface area contributed by atoms with Crippen LogP contribution in [0.2, 0.25) is 0 Å². The Morgan fingerprint density at radius 2 is 2.08 bits per heavy atom. The number of fused-ring (bicyclic) bond motifs is 2. The molecule has 1 fully saturated rings. The van der Waals surface area contributed by atoms with E-state index < -0.39 is 11.6 Å². The average molecular weight is 417 g/mol. The van der Waals surface area contributed by atoms with Gasteiger partial charge in [0.2, 0.25) is 0 Å². The van der Waals surface area contributed by atoms with E-state index in [0.717, 1.165) is 10.0 Å². The fourth-order valence-electron chi connectivity index (χ4n) is 3.49. The molecule has 0 saturated carbocycles. The molecule has 2 aliphatic rings. The SMILES string of the molecule is COc1ccc(Br)c(CN2C(=O)NC3(CCOc4ccccc43)C2=O)c1. The van der Waals surface area contributed by atoms with Crippen LogP contribution in [-0.4, -0.2) is 30.6 Å². The number of carbonyl (C=O) groups is 2. The fourth-order valence-corrected chi connectivity index (χ4v) is 3.86. The number of halogens is 1. The monoisotopic (exact) mass is 416 g/mol. The zero-order valence-corrected chi connectivity index (χ0v) is 15.7. The lowest BCUT2D eigenvalue weighted by Crippen LogP contribution is -2.47. The summed E-state index contributed by atoms with van der Waals surface area (Å²) in [5.41, 5.74) is 0.444. The van der Waals surface area contributed by atoms with E-state index in [1.165, 1.54) is 4.90 Å². The maximum atomic E-state index is 13.3. The number of hydrogen-bond donors (Lipinski definition) is 1. The van der Waals surface area contributed by atoms with Crippen LogP contribution in [0.4, 0.5) is 4.79 Å². The van der Waals surface area contributed by atoms with E-state index in [9.17, 15) is 9.59 Å². The van der Waals surface area contributed by atoms with Gasteiger partial charge >= 0.3 is 6.03 Å². The van der Waals surface area contributed by atoms with Crippen molar-refractivity contribution < 1.29 is 19.1 Å². The van der Waals surface area contributed by atoms with Gasteiger partial charge in [0.05, 0.1) is 20.3 Å². The summed E-state index contributed by atoms with van der Waals surface area (Å²) in [4.78, 5) is 27.2. The molecule has 26 heavy (non-hydrogen) atoms. The van der Waals surface area contributed by atoms with Gasteiger partial charge in [0.1, 0.15) is 11.5 Å². The van der Waals surface area contributed by atoms with Crippen molar-refractivity contribution in [2.24, 2.45) is 0 Å². The Bertz CT molecular complexity index is 901. The van der Waals surface area contributed by atoms with Gasteiger partial charge in [0, 0.05) is 16.5 Å². The van der Waals surface area contributed by atoms with Crippen molar-refractivity contribution in [2.75, 3.05) is 13.7 Å². The van der Waals surface area contributed by atoms with E-state index in [-0.39, 0.29) is 12.5 Å². The largest absolute Gasteiger partial charge is 0.497 e. The maximum absolute atomic E-state index is 13.3. The third kappa shape index (κ3) is 2.54. The highest BCUT2D eigenvalue weighted by molar-refractivity contribution is 9.10. The predicted molar refractivity (Wildman–Crippen MR) is 98.0 cm³/mol. The van der Waals surface area contributed by atoms with Crippen molar-refractivity contribution >= 4 is 27.9 Å². The quantitative estimate of drug-likeness (QED) is 0.780. The second-order valence-corrected chi connectivity index (χ2v) is 7.13. The smallest absolute Gasteiger partial charge is 0.325 e. The first kappa shape index (κ1) is 16.9. The summed E-state index contributed by atoms with van der Waals surface area (Å²) in [6.45, 7) is 0.535. The molecule has 1 spiro atoms. The van der Waals surface area contributed by atoms with Crippen LogP contribution in [0.15, 0.2) is 46.9 Å². The van der Waals surface area contributed by atoms with Gasteiger partial charge < -0.3 is 14.8 Å². The highest BCUT2D eigenvalue weighted by atomic mass is 79.9. The number of hydrogen-bond acceptors (Lipinski definition) is 4. The first-order valence-corrected chi connectivity index (χ1v) is 9.03. The number of para-hydroxylation sites is 1. The number of carbonyl (C=O) groups excluding carboxylic acids is 2. The van der Waals surface area contributed by atoms with Gasteiger partial charge in [-0.1, -0.05) is 34.1 Å².